The Labute approximate surface area is 133 Å². The predicted octanol–water partition coefficient (Wildman–Crippen LogP) is 4.04. The first kappa shape index (κ1) is 15.4. The lowest BCUT2D eigenvalue weighted by molar-refractivity contribution is -0.571. The monoisotopic (exact) mass is 310 g/mol. The molecule has 5 aliphatic rings. The van der Waals surface area contributed by atoms with Crippen LogP contribution in [0.2, 0.25) is 0 Å². The van der Waals surface area contributed by atoms with Crippen LogP contribution in [0.4, 0.5) is 0 Å². The molecule has 8 atom stereocenters. The Kier molecular flexibility index (Phi) is 3.61. The van der Waals surface area contributed by atoms with Crippen LogP contribution in [-0.2, 0) is 19.2 Å². The minimum absolute atomic E-state index is 0.265. The summed E-state index contributed by atoms with van der Waals surface area (Å²) in [7, 11) is 0. The van der Waals surface area contributed by atoms with E-state index in [4.69, 9.17) is 19.2 Å². The standard InChI is InChI=1S/C18H30O4/c1-5-6-15-12(3)14-8-7-11(2)13-9-10-17(4)20-16(19-15)18(13,14)22-21-17/h11-16H,5-10H2,1-4H3/t11-,12-,13+,14+,15-,16-,17+,18-/m1/s1. The van der Waals surface area contributed by atoms with E-state index in [1.165, 1.54) is 12.8 Å². The van der Waals surface area contributed by atoms with Crippen LogP contribution in [0.15, 0.2) is 0 Å². The van der Waals surface area contributed by atoms with Gasteiger partial charge in [0, 0.05) is 12.3 Å². The summed E-state index contributed by atoms with van der Waals surface area (Å²) < 4.78 is 12.8. The van der Waals surface area contributed by atoms with Crippen molar-refractivity contribution in [2.45, 2.75) is 90.0 Å². The molecule has 0 aromatic rings. The van der Waals surface area contributed by atoms with E-state index in [0.717, 1.165) is 25.7 Å². The van der Waals surface area contributed by atoms with E-state index < -0.39 is 11.4 Å². The molecular weight excluding hydrogens is 280 g/mol. The molecule has 5 rings (SSSR count). The van der Waals surface area contributed by atoms with Crippen LogP contribution in [-0.4, -0.2) is 23.8 Å². The van der Waals surface area contributed by atoms with Gasteiger partial charge in [-0.05, 0) is 50.4 Å². The fourth-order valence-corrected chi connectivity index (χ4v) is 5.59. The Bertz CT molecular complexity index is 441. The number of hydrogen-bond donors (Lipinski definition) is 0. The van der Waals surface area contributed by atoms with Gasteiger partial charge in [-0.2, -0.15) is 0 Å². The van der Waals surface area contributed by atoms with E-state index in [1.807, 2.05) is 6.92 Å². The van der Waals surface area contributed by atoms with Gasteiger partial charge in [0.15, 0.2) is 11.9 Å². The van der Waals surface area contributed by atoms with Crippen molar-refractivity contribution < 1.29 is 19.2 Å². The normalized spacial score (nSPS) is 57.3. The summed E-state index contributed by atoms with van der Waals surface area (Å²) in [6, 6.07) is 0. The van der Waals surface area contributed by atoms with Crippen molar-refractivity contribution in [2.75, 3.05) is 0 Å². The Hall–Kier alpha value is -0.160. The molecule has 0 amide bonds. The Morgan fingerprint density at radius 3 is 2.64 bits per heavy atom. The van der Waals surface area contributed by atoms with Crippen molar-refractivity contribution in [1.29, 1.82) is 0 Å². The molecular formula is C18H30O4. The molecule has 5 fully saturated rings. The number of ether oxygens (including phenoxy) is 2. The van der Waals surface area contributed by atoms with Gasteiger partial charge in [0.05, 0.1) is 6.10 Å². The summed E-state index contributed by atoms with van der Waals surface area (Å²) in [6.45, 7) is 8.92. The quantitative estimate of drug-likeness (QED) is 0.721. The topological polar surface area (TPSA) is 36.9 Å². The maximum Gasteiger partial charge on any atom is 0.201 e. The first-order chi connectivity index (χ1) is 10.5. The van der Waals surface area contributed by atoms with Crippen molar-refractivity contribution in [1.82, 2.24) is 0 Å². The van der Waals surface area contributed by atoms with Crippen LogP contribution in [0, 0.1) is 23.7 Å². The Morgan fingerprint density at radius 1 is 1.05 bits per heavy atom. The van der Waals surface area contributed by atoms with Gasteiger partial charge in [0.25, 0.3) is 0 Å². The van der Waals surface area contributed by atoms with Gasteiger partial charge in [-0.3, -0.25) is 0 Å². The van der Waals surface area contributed by atoms with E-state index in [9.17, 15) is 0 Å². The Morgan fingerprint density at radius 2 is 1.86 bits per heavy atom. The lowest BCUT2D eigenvalue weighted by atomic mass is 9.57. The molecule has 0 unspecified atom stereocenters. The van der Waals surface area contributed by atoms with E-state index in [-0.39, 0.29) is 12.4 Å². The minimum atomic E-state index is -0.644. The van der Waals surface area contributed by atoms with Crippen molar-refractivity contribution in [3.05, 3.63) is 0 Å². The van der Waals surface area contributed by atoms with Gasteiger partial charge in [-0.25, -0.2) is 9.78 Å². The number of hydrogen-bond acceptors (Lipinski definition) is 4. The van der Waals surface area contributed by atoms with Crippen LogP contribution in [0.25, 0.3) is 0 Å². The van der Waals surface area contributed by atoms with Gasteiger partial charge in [0.2, 0.25) is 5.79 Å². The zero-order valence-corrected chi connectivity index (χ0v) is 14.3. The molecule has 1 spiro atoms. The largest absolute Gasteiger partial charge is 0.346 e. The van der Waals surface area contributed by atoms with E-state index in [2.05, 4.69) is 20.8 Å². The highest BCUT2D eigenvalue weighted by Crippen LogP contribution is 2.60. The molecule has 0 radical (unpaired) electrons. The maximum atomic E-state index is 6.47. The summed E-state index contributed by atoms with van der Waals surface area (Å²) in [5, 5.41) is 0. The maximum absolute atomic E-state index is 6.47. The molecule has 126 valence electrons. The molecule has 22 heavy (non-hydrogen) atoms. The number of rotatable bonds is 2. The van der Waals surface area contributed by atoms with E-state index >= 15 is 0 Å². The summed E-state index contributed by atoms with van der Waals surface area (Å²) in [5.41, 5.74) is -0.392. The van der Waals surface area contributed by atoms with Crippen molar-refractivity contribution >= 4 is 0 Å². The highest BCUT2D eigenvalue weighted by atomic mass is 17.3. The number of fused-ring (bicyclic) bond motifs is 2. The van der Waals surface area contributed by atoms with Crippen molar-refractivity contribution in [3.8, 4) is 0 Å². The molecule has 2 bridgehead atoms. The molecule has 4 aliphatic heterocycles. The fraction of sp³-hybridized carbons (Fsp3) is 1.00. The smallest absolute Gasteiger partial charge is 0.201 e. The highest BCUT2D eigenvalue weighted by molar-refractivity contribution is 5.09. The van der Waals surface area contributed by atoms with Gasteiger partial charge in [-0.1, -0.05) is 27.2 Å². The third kappa shape index (κ3) is 1.97. The van der Waals surface area contributed by atoms with Crippen LogP contribution in [0.3, 0.4) is 0 Å². The van der Waals surface area contributed by atoms with Crippen molar-refractivity contribution in [2.24, 2.45) is 23.7 Å². The second kappa shape index (κ2) is 5.17. The summed E-state index contributed by atoms with van der Waals surface area (Å²) in [5.74, 6) is 1.46. The van der Waals surface area contributed by atoms with E-state index in [1.54, 1.807) is 0 Å². The first-order valence-corrected chi connectivity index (χ1v) is 9.20. The Balaban J connectivity index is 1.75. The fourth-order valence-electron chi connectivity index (χ4n) is 5.59. The third-order valence-electron chi connectivity index (χ3n) is 6.87. The molecule has 4 saturated heterocycles. The van der Waals surface area contributed by atoms with Crippen LogP contribution >= 0.6 is 0 Å². The highest BCUT2D eigenvalue weighted by Gasteiger charge is 2.69. The minimum Gasteiger partial charge on any atom is -0.346 e. The van der Waals surface area contributed by atoms with Gasteiger partial charge in [0.1, 0.15) is 0 Å². The summed E-state index contributed by atoms with van der Waals surface area (Å²) in [6.07, 6.45) is 6.75. The van der Waals surface area contributed by atoms with E-state index in [0.29, 0.717) is 23.7 Å². The molecule has 0 aromatic carbocycles. The van der Waals surface area contributed by atoms with Crippen LogP contribution < -0.4 is 0 Å². The second-order valence-electron chi connectivity index (χ2n) is 8.23. The summed E-state index contributed by atoms with van der Waals surface area (Å²) in [4.78, 5) is 12.0. The van der Waals surface area contributed by atoms with Crippen LogP contribution in [0.5, 0.6) is 0 Å². The molecule has 0 aromatic heterocycles. The summed E-state index contributed by atoms with van der Waals surface area (Å²) >= 11 is 0. The zero-order chi connectivity index (χ0) is 15.5. The van der Waals surface area contributed by atoms with Crippen LogP contribution in [0.1, 0.15) is 66.2 Å². The van der Waals surface area contributed by atoms with Gasteiger partial charge < -0.3 is 9.47 Å². The SMILES string of the molecule is CCC[C@H]1O[C@@H]2O[C@]3(C)CC[C@H]4[C@H](C)CC[C@@H]([C@H]1C)[C@@]24OO3. The lowest BCUT2D eigenvalue weighted by Crippen LogP contribution is -2.70. The average molecular weight is 310 g/mol. The lowest BCUT2D eigenvalue weighted by Gasteiger charge is -2.60. The molecule has 4 heteroatoms. The zero-order valence-electron chi connectivity index (χ0n) is 14.3. The molecule has 4 heterocycles. The molecule has 1 aliphatic carbocycles. The molecule has 1 saturated carbocycles. The second-order valence-corrected chi connectivity index (χ2v) is 8.23. The van der Waals surface area contributed by atoms with Gasteiger partial charge >= 0.3 is 0 Å². The first-order valence-electron chi connectivity index (χ1n) is 9.20. The predicted molar refractivity (Wildman–Crippen MR) is 81.7 cm³/mol. The average Bonchev–Trinajstić information content (AvgIpc) is 2.71. The third-order valence-corrected chi connectivity index (χ3v) is 6.87. The van der Waals surface area contributed by atoms with Gasteiger partial charge in [-0.15, -0.1) is 0 Å². The molecule has 0 N–H and O–H groups in total. The molecule has 4 nitrogen and oxygen atoms in total. The van der Waals surface area contributed by atoms with Crippen molar-refractivity contribution in [3.63, 3.8) is 0 Å².